The van der Waals surface area contributed by atoms with E-state index in [0.29, 0.717) is 28.9 Å². The number of halogens is 1. The predicted octanol–water partition coefficient (Wildman–Crippen LogP) is 4.24. The van der Waals surface area contributed by atoms with Crippen LogP contribution in [0.3, 0.4) is 0 Å². The number of hydrogen-bond acceptors (Lipinski definition) is 3. The minimum atomic E-state index is 0.424. The van der Waals surface area contributed by atoms with Crippen molar-refractivity contribution in [3.8, 4) is 17.2 Å². The van der Waals surface area contributed by atoms with Crippen LogP contribution in [0.1, 0.15) is 11.1 Å². The molecule has 2 rings (SSSR count). The summed E-state index contributed by atoms with van der Waals surface area (Å²) >= 11 is 5.86. The summed E-state index contributed by atoms with van der Waals surface area (Å²) < 4.78 is 16.5. The zero-order valence-corrected chi connectivity index (χ0v) is 12.5. The van der Waals surface area contributed by atoms with Crippen molar-refractivity contribution in [1.82, 2.24) is 0 Å². The molecule has 0 fully saturated rings. The van der Waals surface area contributed by atoms with Crippen molar-refractivity contribution >= 4 is 11.6 Å². The maximum absolute atomic E-state index is 5.86. The first kappa shape index (κ1) is 14.5. The zero-order chi connectivity index (χ0) is 14.5. The molecule has 0 saturated carbocycles. The van der Waals surface area contributed by atoms with E-state index in [4.69, 9.17) is 25.8 Å². The Morgan fingerprint density at radius 1 is 0.950 bits per heavy atom. The van der Waals surface area contributed by atoms with Gasteiger partial charge >= 0.3 is 0 Å². The fourth-order valence-electron chi connectivity index (χ4n) is 1.89. The largest absolute Gasteiger partial charge is 0.493 e. The van der Waals surface area contributed by atoms with Gasteiger partial charge in [0, 0.05) is 5.02 Å². The minimum Gasteiger partial charge on any atom is -0.493 e. The molecule has 0 aliphatic rings. The third-order valence-corrected chi connectivity index (χ3v) is 3.15. The molecule has 0 bridgehead atoms. The van der Waals surface area contributed by atoms with Gasteiger partial charge in [0.25, 0.3) is 0 Å². The second kappa shape index (κ2) is 6.53. The summed E-state index contributed by atoms with van der Waals surface area (Å²) in [5.74, 6) is 1.93. The Kier molecular flexibility index (Phi) is 4.74. The molecule has 0 aliphatic heterocycles. The van der Waals surface area contributed by atoms with Crippen LogP contribution in [-0.2, 0) is 6.61 Å². The molecule has 0 N–H and O–H groups in total. The van der Waals surface area contributed by atoms with Crippen molar-refractivity contribution in [1.29, 1.82) is 0 Å². The number of hydrogen-bond donors (Lipinski definition) is 0. The molecule has 2 aromatic carbocycles. The average molecular weight is 293 g/mol. The molecule has 0 spiro atoms. The zero-order valence-electron chi connectivity index (χ0n) is 11.8. The molecule has 0 atom stereocenters. The van der Waals surface area contributed by atoms with Gasteiger partial charge in [0.05, 0.1) is 14.2 Å². The van der Waals surface area contributed by atoms with E-state index in [2.05, 4.69) is 0 Å². The van der Waals surface area contributed by atoms with Crippen molar-refractivity contribution in [2.45, 2.75) is 13.5 Å². The van der Waals surface area contributed by atoms with Gasteiger partial charge in [0.15, 0.2) is 11.5 Å². The highest BCUT2D eigenvalue weighted by Gasteiger charge is 2.13. The van der Waals surface area contributed by atoms with E-state index in [1.54, 1.807) is 14.2 Å². The van der Waals surface area contributed by atoms with Crippen LogP contribution in [-0.4, -0.2) is 14.2 Å². The van der Waals surface area contributed by atoms with Crippen molar-refractivity contribution < 1.29 is 14.2 Å². The van der Waals surface area contributed by atoms with Crippen LogP contribution in [0.15, 0.2) is 36.4 Å². The highest BCUT2D eigenvalue weighted by atomic mass is 35.5. The molecule has 3 nitrogen and oxygen atoms in total. The van der Waals surface area contributed by atoms with Gasteiger partial charge in [0.1, 0.15) is 6.61 Å². The van der Waals surface area contributed by atoms with Crippen LogP contribution in [0.2, 0.25) is 5.02 Å². The molecule has 4 heteroatoms. The summed E-state index contributed by atoms with van der Waals surface area (Å²) in [5, 5.41) is 0.708. The molecular formula is C16H17ClO3. The van der Waals surface area contributed by atoms with Crippen molar-refractivity contribution in [2.75, 3.05) is 14.2 Å². The molecule has 0 heterocycles. The quantitative estimate of drug-likeness (QED) is 0.825. The molecule has 2 aromatic rings. The minimum absolute atomic E-state index is 0.424. The van der Waals surface area contributed by atoms with E-state index < -0.39 is 0 Å². The Morgan fingerprint density at radius 2 is 1.50 bits per heavy atom. The average Bonchev–Trinajstić information content (AvgIpc) is 2.46. The molecule has 0 saturated heterocycles. The van der Waals surface area contributed by atoms with Crippen LogP contribution in [0.4, 0.5) is 0 Å². The summed E-state index contributed by atoms with van der Waals surface area (Å²) in [7, 11) is 3.23. The molecule has 20 heavy (non-hydrogen) atoms. The highest BCUT2D eigenvalue weighted by Crippen LogP contribution is 2.38. The molecule has 0 unspecified atom stereocenters. The fourth-order valence-corrected chi connectivity index (χ4v) is 2.02. The Balaban J connectivity index is 2.21. The topological polar surface area (TPSA) is 27.7 Å². The first-order valence-corrected chi connectivity index (χ1v) is 6.61. The van der Waals surface area contributed by atoms with Gasteiger partial charge in [0.2, 0.25) is 5.75 Å². The summed E-state index contributed by atoms with van der Waals surface area (Å²) in [6.07, 6.45) is 0. The van der Waals surface area contributed by atoms with E-state index in [-0.39, 0.29) is 0 Å². The van der Waals surface area contributed by atoms with E-state index in [1.165, 1.54) is 0 Å². The smallest absolute Gasteiger partial charge is 0.203 e. The SMILES string of the molecule is COc1cc(C)cc(OC)c1OCc1ccc(Cl)cc1. The Bertz CT molecular complexity index is 554. The lowest BCUT2D eigenvalue weighted by Gasteiger charge is -2.15. The normalized spacial score (nSPS) is 10.2. The van der Waals surface area contributed by atoms with Crippen molar-refractivity contribution in [3.63, 3.8) is 0 Å². The molecule has 0 aliphatic carbocycles. The predicted molar refractivity (Wildman–Crippen MR) is 80.1 cm³/mol. The standard InChI is InChI=1S/C16H17ClO3/c1-11-8-14(18-2)16(15(9-11)19-3)20-10-12-4-6-13(17)7-5-12/h4-9H,10H2,1-3H3. The summed E-state index contributed by atoms with van der Waals surface area (Å²) in [6, 6.07) is 11.4. The number of aryl methyl sites for hydroxylation is 1. The van der Waals surface area contributed by atoms with Gasteiger partial charge in [-0.15, -0.1) is 0 Å². The van der Waals surface area contributed by atoms with Crippen LogP contribution in [0, 0.1) is 6.92 Å². The summed E-state index contributed by atoms with van der Waals surface area (Å²) in [4.78, 5) is 0. The lowest BCUT2D eigenvalue weighted by Crippen LogP contribution is -2.00. The Labute approximate surface area is 124 Å². The maximum Gasteiger partial charge on any atom is 0.203 e. The monoisotopic (exact) mass is 292 g/mol. The molecule has 106 valence electrons. The Morgan fingerprint density at radius 3 is 2.00 bits per heavy atom. The van der Waals surface area contributed by atoms with E-state index >= 15 is 0 Å². The molecule has 0 amide bonds. The van der Waals surface area contributed by atoms with Gasteiger partial charge in [-0.05, 0) is 42.3 Å². The lowest BCUT2D eigenvalue weighted by atomic mass is 10.2. The van der Waals surface area contributed by atoms with Crippen LogP contribution in [0.25, 0.3) is 0 Å². The second-order valence-corrected chi connectivity index (χ2v) is 4.85. The van der Waals surface area contributed by atoms with Gasteiger partial charge < -0.3 is 14.2 Å². The van der Waals surface area contributed by atoms with Gasteiger partial charge in [-0.1, -0.05) is 23.7 Å². The van der Waals surface area contributed by atoms with Crippen LogP contribution < -0.4 is 14.2 Å². The maximum atomic E-state index is 5.86. The number of methoxy groups -OCH3 is 2. The van der Waals surface area contributed by atoms with E-state index in [1.807, 2.05) is 43.3 Å². The van der Waals surface area contributed by atoms with Crippen LogP contribution in [0.5, 0.6) is 17.2 Å². The lowest BCUT2D eigenvalue weighted by molar-refractivity contribution is 0.265. The third-order valence-electron chi connectivity index (χ3n) is 2.90. The Hall–Kier alpha value is -1.87. The molecule has 0 aromatic heterocycles. The first-order valence-electron chi connectivity index (χ1n) is 6.24. The molecule has 0 radical (unpaired) electrons. The van der Waals surface area contributed by atoms with E-state index in [9.17, 15) is 0 Å². The molecular weight excluding hydrogens is 276 g/mol. The van der Waals surface area contributed by atoms with Gasteiger partial charge in [-0.25, -0.2) is 0 Å². The first-order chi connectivity index (χ1) is 9.63. The fraction of sp³-hybridized carbons (Fsp3) is 0.250. The number of benzene rings is 2. The highest BCUT2D eigenvalue weighted by molar-refractivity contribution is 6.30. The van der Waals surface area contributed by atoms with Crippen molar-refractivity contribution in [3.05, 3.63) is 52.5 Å². The summed E-state index contributed by atoms with van der Waals surface area (Å²) in [5.41, 5.74) is 2.08. The third kappa shape index (κ3) is 3.36. The number of rotatable bonds is 5. The van der Waals surface area contributed by atoms with Gasteiger partial charge in [-0.3, -0.25) is 0 Å². The van der Waals surface area contributed by atoms with Gasteiger partial charge in [-0.2, -0.15) is 0 Å². The van der Waals surface area contributed by atoms with E-state index in [0.717, 1.165) is 11.1 Å². The second-order valence-electron chi connectivity index (χ2n) is 4.41. The van der Waals surface area contributed by atoms with Crippen molar-refractivity contribution in [2.24, 2.45) is 0 Å². The summed E-state index contributed by atoms with van der Waals surface area (Å²) in [6.45, 7) is 2.40. The van der Waals surface area contributed by atoms with Crippen LogP contribution >= 0.6 is 11.6 Å². The number of ether oxygens (including phenoxy) is 3.